The molecule has 0 saturated carbocycles. The van der Waals surface area contributed by atoms with Gasteiger partial charge in [0, 0.05) is 11.6 Å². The number of hydrogen-bond acceptors (Lipinski definition) is 4. The lowest BCUT2D eigenvalue weighted by atomic mass is 9.97. The van der Waals surface area contributed by atoms with Gasteiger partial charge < -0.3 is 9.47 Å². The Balaban J connectivity index is 1.67. The summed E-state index contributed by atoms with van der Waals surface area (Å²) in [5.74, 6) is 1.87. The fourth-order valence-electron chi connectivity index (χ4n) is 3.60. The quantitative estimate of drug-likeness (QED) is 0.451. The van der Waals surface area contributed by atoms with Crippen LogP contribution in [-0.4, -0.2) is 29.2 Å². The number of benzene rings is 3. The van der Waals surface area contributed by atoms with Crippen molar-refractivity contribution >= 4 is 10.8 Å². The van der Waals surface area contributed by atoms with Gasteiger partial charge in [-0.2, -0.15) is 0 Å². The monoisotopic (exact) mass is 387 g/mol. The van der Waals surface area contributed by atoms with E-state index < -0.39 is 0 Å². The Labute approximate surface area is 170 Å². The first-order valence-corrected chi connectivity index (χ1v) is 9.73. The second-order valence-corrected chi connectivity index (χ2v) is 7.43. The molecule has 1 aromatic heterocycles. The minimum Gasteiger partial charge on any atom is -0.496 e. The van der Waals surface area contributed by atoms with Crippen LogP contribution in [0, 0.1) is 0 Å². The molecule has 5 heteroatoms. The SMILES string of the molecule is COc1cc(OC)c(C(C)C)cc1-c1cn(Cc2ccc3ccccc3c2)nn1. The Kier molecular flexibility index (Phi) is 5.21. The fraction of sp³-hybridized carbons (Fsp3) is 0.250. The molecule has 0 unspecified atom stereocenters. The molecule has 1 heterocycles. The summed E-state index contributed by atoms with van der Waals surface area (Å²) in [4.78, 5) is 0. The summed E-state index contributed by atoms with van der Waals surface area (Å²) < 4.78 is 13.0. The van der Waals surface area contributed by atoms with Crippen molar-refractivity contribution in [2.75, 3.05) is 14.2 Å². The minimum absolute atomic E-state index is 0.322. The van der Waals surface area contributed by atoms with Crippen molar-refractivity contribution in [3.63, 3.8) is 0 Å². The Morgan fingerprint density at radius 1 is 0.897 bits per heavy atom. The molecule has 148 valence electrons. The van der Waals surface area contributed by atoms with E-state index in [9.17, 15) is 0 Å². The van der Waals surface area contributed by atoms with Crippen LogP contribution in [0.5, 0.6) is 11.5 Å². The largest absolute Gasteiger partial charge is 0.496 e. The van der Waals surface area contributed by atoms with Crippen LogP contribution in [-0.2, 0) is 6.54 Å². The zero-order chi connectivity index (χ0) is 20.4. The van der Waals surface area contributed by atoms with E-state index in [0.717, 1.165) is 28.3 Å². The Hall–Kier alpha value is -3.34. The first kappa shape index (κ1) is 19.0. The molecule has 5 nitrogen and oxygen atoms in total. The van der Waals surface area contributed by atoms with Crippen molar-refractivity contribution in [1.29, 1.82) is 0 Å². The van der Waals surface area contributed by atoms with E-state index in [1.165, 1.54) is 16.3 Å². The summed E-state index contributed by atoms with van der Waals surface area (Å²) >= 11 is 0. The van der Waals surface area contributed by atoms with Crippen molar-refractivity contribution in [3.8, 4) is 22.8 Å². The van der Waals surface area contributed by atoms with Crippen LogP contribution in [0.15, 0.2) is 60.8 Å². The Bertz CT molecular complexity index is 1150. The fourth-order valence-corrected chi connectivity index (χ4v) is 3.60. The molecule has 4 aromatic rings. The molecule has 0 saturated heterocycles. The van der Waals surface area contributed by atoms with Crippen LogP contribution in [0.2, 0.25) is 0 Å². The topological polar surface area (TPSA) is 49.2 Å². The summed E-state index contributed by atoms with van der Waals surface area (Å²) in [7, 11) is 3.34. The van der Waals surface area contributed by atoms with E-state index in [1.54, 1.807) is 14.2 Å². The number of nitrogens with zero attached hydrogens (tertiary/aromatic N) is 3. The van der Waals surface area contributed by atoms with Gasteiger partial charge in [-0.15, -0.1) is 5.10 Å². The summed E-state index contributed by atoms with van der Waals surface area (Å²) in [6, 6.07) is 18.8. The number of methoxy groups -OCH3 is 2. The maximum Gasteiger partial charge on any atom is 0.132 e. The molecule has 29 heavy (non-hydrogen) atoms. The molecule has 0 aliphatic carbocycles. The molecule has 4 rings (SSSR count). The standard InChI is InChI=1S/C24H25N3O2/c1-16(2)20-12-21(24(29-4)13-23(20)28-3)22-15-27(26-25-22)14-17-9-10-18-7-5-6-8-19(18)11-17/h5-13,15-16H,14H2,1-4H3. The zero-order valence-corrected chi connectivity index (χ0v) is 17.2. The first-order chi connectivity index (χ1) is 14.1. The third kappa shape index (κ3) is 3.81. The second-order valence-electron chi connectivity index (χ2n) is 7.43. The number of ether oxygens (including phenoxy) is 2. The molecule has 0 atom stereocenters. The molecule has 0 aliphatic heterocycles. The van der Waals surface area contributed by atoms with E-state index >= 15 is 0 Å². The van der Waals surface area contributed by atoms with Gasteiger partial charge in [0.15, 0.2) is 0 Å². The van der Waals surface area contributed by atoms with Crippen molar-refractivity contribution in [3.05, 3.63) is 71.9 Å². The maximum atomic E-state index is 5.60. The third-order valence-corrected chi connectivity index (χ3v) is 5.15. The molecule has 3 aromatic carbocycles. The van der Waals surface area contributed by atoms with Gasteiger partial charge in [-0.1, -0.05) is 55.5 Å². The van der Waals surface area contributed by atoms with Gasteiger partial charge in [-0.25, -0.2) is 4.68 Å². The number of fused-ring (bicyclic) bond motifs is 1. The van der Waals surface area contributed by atoms with Gasteiger partial charge >= 0.3 is 0 Å². The normalized spacial score (nSPS) is 11.2. The van der Waals surface area contributed by atoms with E-state index in [4.69, 9.17) is 9.47 Å². The Morgan fingerprint density at radius 3 is 2.38 bits per heavy atom. The number of aromatic nitrogens is 3. The molecular formula is C24H25N3O2. The molecule has 0 radical (unpaired) electrons. The average molecular weight is 387 g/mol. The van der Waals surface area contributed by atoms with Crippen LogP contribution in [0.4, 0.5) is 0 Å². The molecule has 0 bridgehead atoms. The predicted molar refractivity (Wildman–Crippen MR) is 116 cm³/mol. The van der Waals surface area contributed by atoms with Crippen molar-refractivity contribution < 1.29 is 9.47 Å². The molecule has 0 N–H and O–H groups in total. The molecule has 0 spiro atoms. The van der Waals surface area contributed by atoms with E-state index in [0.29, 0.717) is 12.5 Å². The number of hydrogen-bond donors (Lipinski definition) is 0. The highest BCUT2D eigenvalue weighted by molar-refractivity contribution is 5.83. The van der Waals surface area contributed by atoms with Gasteiger partial charge in [0.25, 0.3) is 0 Å². The van der Waals surface area contributed by atoms with Gasteiger partial charge in [0.2, 0.25) is 0 Å². The van der Waals surface area contributed by atoms with Crippen LogP contribution < -0.4 is 9.47 Å². The highest BCUT2D eigenvalue weighted by atomic mass is 16.5. The highest BCUT2D eigenvalue weighted by Crippen LogP contribution is 2.38. The first-order valence-electron chi connectivity index (χ1n) is 9.73. The maximum absolute atomic E-state index is 5.60. The molecule has 0 fully saturated rings. The van der Waals surface area contributed by atoms with Crippen LogP contribution in [0.25, 0.3) is 22.0 Å². The van der Waals surface area contributed by atoms with Gasteiger partial charge in [-0.3, -0.25) is 0 Å². The summed E-state index contributed by atoms with van der Waals surface area (Å²) in [5, 5.41) is 11.2. The second kappa shape index (κ2) is 7.95. The average Bonchev–Trinajstić information content (AvgIpc) is 3.20. The molecule has 0 amide bonds. The van der Waals surface area contributed by atoms with E-state index in [-0.39, 0.29) is 0 Å². The number of rotatable bonds is 6. The summed E-state index contributed by atoms with van der Waals surface area (Å²) in [6.07, 6.45) is 1.96. The van der Waals surface area contributed by atoms with Crippen molar-refractivity contribution in [2.24, 2.45) is 0 Å². The van der Waals surface area contributed by atoms with Crippen molar-refractivity contribution in [1.82, 2.24) is 15.0 Å². The van der Waals surface area contributed by atoms with Gasteiger partial charge in [-0.05, 0) is 39.9 Å². The lowest BCUT2D eigenvalue weighted by molar-refractivity contribution is 0.390. The summed E-state index contributed by atoms with van der Waals surface area (Å²) in [6.45, 7) is 4.95. The molecule has 0 aliphatic rings. The van der Waals surface area contributed by atoms with Crippen LogP contribution in [0.3, 0.4) is 0 Å². The third-order valence-electron chi connectivity index (χ3n) is 5.15. The zero-order valence-electron chi connectivity index (χ0n) is 17.2. The van der Waals surface area contributed by atoms with E-state index in [1.807, 2.05) is 16.9 Å². The highest BCUT2D eigenvalue weighted by Gasteiger charge is 2.17. The van der Waals surface area contributed by atoms with Gasteiger partial charge in [0.1, 0.15) is 17.2 Å². The van der Waals surface area contributed by atoms with Crippen molar-refractivity contribution in [2.45, 2.75) is 26.3 Å². The lowest BCUT2D eigenvalue weighted by Gasteiger charge is -2.16. The minimum atomic E-state index is 0.322. The smallest absolute Gasteiger partial charge is 0.132 e. The van der Waals surface area contributed by atoms with Crippen LogP contribution in [0.1, 0.15) is 30.9 Å². The molecular weight excluding hydrogens is 362 g/mol. The van der Waals surface area contributed by atoms with Crippen LogP contribution >= 0.6 is 0 Å². The predicted octanol–water partition coefficient (Wildman–Crippen LogP) is 5.29. The lowest BCUT2D eigenvalue weighted by Crippen LogP contribution is -2.00. The summed E-state index contributed by atoms with van der Waals surface area (Å²) in [5.41, 5.74) is 4.01. The van der Waals surface area contributed by atoms with Gasteiger partial charge in [0.05, 0.1) is 27.0 Å². The Morgan fingerprint density at radius 2 is 1.66 bits per heavy atom. The van der Waals surface area contributed by atoms with E-state index in [2.05, 4.69) is 72.7 Å².